The summed E-state index contributed by atoms with van der Waals surface area (Å²) in [5.74, 6) is -2.17. The van der Waals surface area contributed by atoms with Crippen LogP contribution in [0, 0.1) is 11.6 Å². The number of nitrogens with two attached hydrogens (primary N) is 3. The van der Waals surface area contributed by atoms with E-state index in [1.165, 1.54) is 52.8 Å². The summed E-state index contributed by atoms with van der Waals surface area (Å²) in [4.78, 5) is 23.8. The smallest absolute Gasteiger partial charge is 0.355 e. The maximum atomic E-state index is 13.1. The number of nitrogens with zero attached hydrogens (tertiary/aromatic N) is 4. The Hall–Kier alpha value is -4.86. The predicted octanol–water partition coefficient (Wildman–Crippen LogP) is 5.65. The van der Waals surface area contributed by atoms with Gasteiger partial charge in [0.15, 0.2) is 5.69 Å². The molecule has 4 aromatic carbocycles. The Morgan fingerprint density at radius 2 is 1.11 bits per heavy atom. The molecule has 15 heteroatoms. The number of anilines is 2. The third-order valence-electron chi connectivity index (χ3n) is 6.37. The van der Waals surface area contributed by atoms with Crippen LogP contribution in [-0.4, -0.2) is 50.6 Å². The maximum Gasteiger partial charge on any atom is 0.355 e. The molecule has 0 spiro atoms. The van der Waals surface area contributed by atoms with Crippen LogP contribution in [0.2, 0.25) is 0 Å². The summed E-state index contributed by atoms with van der Waals surface area (Å²) in [6.07, 6.45) is 0. The molecule has 11 nitrogen and oxygen atoms in total. The van der Waals surface area contributed by atoms with Crippen molar-refractivity contribution in [3.63, 3.8) is 0 Å². The Balaban J connectivity index is 0.000000194. The van der Waals surface area contributed by atoms with Crippen molar-refractivity contribution in [2.75, 3.05) is 25.6 Å². The lowest BCUT2D eigenvalue weighted by atomic mass is 10.2. The number of amides is 1. The molecule has 6 aromatic rings. The zero-order chi connectivity index (χ0) is 33.0. The summed E-state index contributed by atoms with van der Waals surface area (Å²) in [5, 5.41) is 21.8. The van der Waals surface area contributed by atoms with Gasteiger partial charge in [-0.15, -0.1) is 0 Å². The number of carboxylic acid groups (broad SMARTS) is 1. The number of hydrogen-bond acceptors (Lipinski definition) is 7. The molecule has 1 amide bonds. The molecule has 2 heterocycles. The van der Waals surface area contributed by atoms with Gasteiger partial charge in [0.1, 0.15) is 17.3 Å². The third kappa shape index (κ3) is 6.79. The van der Waals surface area contributed by atoms with E-state index in [1.54, 1.807) is 43.4 Å². The van der Waals surface area contributed by atoms with E-state index < -0.39 is 11.8 Å². The molecule has 8 N–H and O–H groups in total. The van der Waals surface area contributed by atoms with Gasteiger partial charge in [-0.2, -0.15) is 10.2 Å². The monoisotopic (exact) mass is 742 g/mol. The quantitative estimate of drug-likeness (QED) is 0.144. The molecule has 6 rings (SSSR count). The fourth-order valence-electron chi connectivity index (χ4n) is 4.33. The van der Waals surface area contributed by atoms with Crippen molar-refractivity contribution in [3.8, 4) is 11.4 Å². The van der Waals surface area contributed by atoms with Crippen molar-refractivity contribution in [1.29, 1.82) is 0 Å². The number of rotatable bonds is 4. The van der Waals surface area contributed by atoms with Crippen molar-refractivity contribution in [3.05, 3.63) is 105 Å². The van der Waals surface area contributed by atoms with E-state index in [9.17, 15) is 23.5 Å². The number of benzene rings is 4. The number of nitrogen functional groups attached to an aromatic ring is 2. The number of hydrogen-bond donors (Lipinski definition) is 5. The summed E-state index contributed by atoms with van der Waals surface area (Å²) in [7, 11) is 3.04. The van der Waals surface area contributed by atoms with Crippen LogP contribution in [0.5, 0.6) is 0 Å². The van der Waals surface area contributed by atoms with Crippen LogP contribution in [0.1, 0.15) is 21.0 Å². The Labute approximate surface area is 271 Å². The Bertz CT molecular complexity index is 2030. The van der Waals surface area contributed by atoms with Crippen LogP contribution in [0.3, 0.4) is 0 Å². The number of aromatic nitrogens is 4. The number of fused-ring (bicyclic) bond motifs is 2. The van der Waals surface area contributed by atoms with E-state index in [-0.39, 0.29) is 17.4 Å². The standard InChI is InChI=1S/C15H12BrFN4O.C14H9BrFN3O2.CH5N/c1-19-15(22)14-10-6-11(16)12(18)7-13(10)20-21(14)9-4-2-8(17)3-5-9;15-10-5-9-12(6-11(10)17)18-19(13(9)14(20)21)8-3-1-7(16)2-4-8;1-2/h2-7H,18H2,1H3,(H,19,22);1-6H,17H2,(H,20,21);2H2,1H3. The molecule has 0 atom stereocenters. The number of aromatic carboxylic acids is 1. The van der Waals surface area contributed by atoms with Gasteiger partial charge < -0.3 is 27.6 Å². The molecule has 2 aromatic heterocycles. The number of halogens is 4. The number of carboxylic acids is 1. The molecular weight excluding hydrogens is 718 g/mol. The lowest BCUT2D eigenvalue weighted by molar-refractivity contribution is 0.0688. The molecule has 0 aliphatic rings. The van der Waals surface area contributed by atoms with Crippen molar-refractivity contribution >= 4 is 76.9 Å². The lowest BCUT2D eigenvalue weighted by Crippen LogP contribution is -2.21. The van der Waals surface area contributed by atoms with Crippen molar-refractivity contribution in [2.45, 2.75) is 0 Å². The predicted molar refractivity (Wildman–Crippen MR) is 177 cm³/mol. The van der Waals surface area contributed by atoms with Gasteiger partial charge in [0.2, 0.25) is 0 Å². The molecule has 0 unspecified atom stereocenters. The van der Waals surface area contributed by atoms with Gasteiger partial charge in [0.05, 0.1) is 22.4 Å². The van der Waals surface area contributed by atoms with Crippen LogP contribution >= 0.6 is 31.9 Å². The Morgan fingerprint density at radius 3 is 1.49 bits per heavy atom. The molecule has 0 fully saturated rings. The number of carbonyl (C=O) groups excluding carboxylic acids is 1. The highest BCUT2D eigenvalue weighted by Crippen LogP contribution is 2.31. The summed E-state index contributed by atoms with van der Waals surface area (Å²) in [6, 6.07) is 17.8. The minimum Gasteiger partial charge on any atom is -0.476 e. The van der Waals surface area contributed by atoms with Gasteiger partial charge in [0, 0.05) is 38.1 Å². The first-order chi connectivity index (χ1) is 21.5. The fraction of sp³-hybridized carbons (Fsp3) is 0.0667. The average molecular weight is 744 g/mol. The first-order valence-corrected chi connectivity index (χ1v) is 14.6. The van der Waals surface area contributed by atoms with Crippen molar-refractivity contribution in [2.24, 2.45) is 5.73 Å². The first kappa shape index (κ1) is 33.0. The topological polar surface area (TPSA) is 180 Å². The average Bonchev–Trinajstić information content (AvgIpc) is 3.57. The van der Waals surface area contributed by atoms with Gasteiger partial charge in [-0.3, -0.25) is 4.79 Å². The van der Waals surface area contributed by atoms with Gasteiger partial charge in [-0.25, -0.2) is 22.9 Å². The van der Waals surface area contributed by atoms with E-state index in [1.807, 2.05) is 0 Å². The highest BCUT2D eigenvalue weighted by Gasteiger charge is 2.21. The zero-order valence-electron chi connectivity index (χ0n) is 23.7. The van der Waals surface area contributed by atoms with Crippen LogP contribution in [0.25, 0.3) is 33.2 Å². The lowest BCUT2D eigenvalue weighted by Gasteiger charge is -2.06. The summed E-state index contributed by atoms with van der Waals surface area (Å²) in [6.45, 7) is 0. The molecule has 0 aliphatic carbocycles. The molecule has 0 bridgehead atoms. The molecule has 232 valence electrons. The molecular formula is C30H26Br2F2N8O3. The molecule has 0 saturated carbocycles. The highest BCUT2D eigenvalue weighted by atomic mass is 79.9. The van der Waals surface area contributed by atoms with Gasteiger partial charge >= 0.3 is 5.97 Å². The van der Waals surface area contributed by atoms with E-state index in [4.69, 9.17) is 11.5 Å². The van der Waals surface area contributed by atoms with Crippen LogP contribution in [-0.2, 0) is 0 Å². The fourth-order valence-corrected chi connectivity index (χ4v) is 5.01. The number of nitrogens with one attached hydrogen (secondary N) is 1. The molecule has 0 aliphatic heterocycles. The van der Waals surface area contributed by atoms with Crippen molar-refractivity contribution in [1.82, 2.24) is 24.9 Å². The minimum atomic E-state index is -1.13. The van der Waals surface area contributed by atoms with E-state index in [0.29, 0.717) is 59.2 Å². The van der Waals surface area contributed by atoms with Crippen LogP contribution < -0.4 is 22.5 Å². The van der Waals surface area contributed by atoms with Gasteiger partial charge in [0.25, 0.3) is 5.91 Å². The van der Waals surface area contributed by atoms with Gasteiger partial charge in [-0.05, 0) is 112 Å². The zero-order valence-corrected chi connectivity index (χ0v) is 26.9. The van der Waals surface area contributed by atoms with E-state index in [2.05, 4.69) is 53.1 Å². The summed E-state index contributed by atoms with van der Waals surface area (Å²) in [5.41, 5.74) is 19.6. The Morgan fingerprint density at radius 1 is 0.733 bits per heavy atom. The molecule has 0 radical (unpaired) electrons. The Kier molecular flexibility index (Phi) is 10.2. The third-order valence-corrected chi connectivity index (χ3v) is 7.74. The second kappa shape index (κ2) is 13.8. The second-order valence-electron chi connectivity index (χ2n) is 9.14. The highest BCUT2D eigenvalue weighted by molar-refractivity contribution is 9.11. The molecule has 0 saturated heterocycles. The van der Waals surface area contributed by atoms with Crippen LogP contribution in [0.15, 0.2) is 81.7 Å². The number of carbonyl (C=O) groups is 2. The SMILES string of the molecule is CN.CNC(=O)c1c2cc(Br)c(N)cc2nn1-c1ccc(F)cc1.Nc1cc2nn(-c3ccc(F)cc3)c(C(=O)O)c2cc1Br. The second-order valence-corrected chi connectivity index (χ2v) is 10.8. The van der Waals surface area contributed by atoms with E-state index in [0.717, 1.165) is 0 Å². The summed E-state index contributed by atoms with van der Waals surface area (Å²) < 4.78 is 30.1. The largest absolute Gasteiger partial charge is 0.476 e. The summed E-state index contributed by atoms with van der Waals surface area (Å²) >= 11 is 6.62. The van der Waals surface area contributed by atoms with E-state index >= 15 is 0 Å². The van der Waals surface area contributed by atoms with Crippen molar-refractivity contribution < 1.29 is 23.5 Å². The maximum absolute atomic E-state index is 13.1. The normalized spacial score (nSPS) is 10.6. The first-order valence-electron chi connectivity index (χ1n) is 13.0. The van der Waals surface area contributed by atoms with Crippen LogP contribution in [0.4, 0.5) is 20.2 Å². The minimum absolute atomic E-state index is 0.00249. The van der Waals surface area contributed by atoms with Gasteiger partial charge in [-0.1, -0.05) is 0 Å². The molecule has 45 heavy (non-hydrogen) atoms.